The van der Waals surface area contributed by atoms with Crippen molar-refractivity contribution in [2.45, 2.75) is 17.2 Å². The number of sulfonamides is 1. The van der Waals surface area contributed by atoms with Crippen molar-refractivity contribution in [1.29, 1.82) is 0 Å². The van der Waals surface area contributed by atoms with E-state index in [1.807, 2.05) is 0 Å². The number of amides is 1. The Morgan fingerprint density at radius 3 is 2.11 bits per heavy atom. The molecule has 0 unspecified atom stereocenters. The van der Waals surface area contributed by atoms with Crippen molar-refractivity contribution in [2.24, 2.45) is 0 Å². The average molecular weight is 530 g/mol. The molecule has 0 radical (unpaired) electrons. The number of benzene rings is 3. The number of nitrogens with one attached hydrogen (secondary N) is 2. The molecule has 3 aromatic carbocycles. The van der Waals surface area contributed by atoms with Gasteiger partial charge in [-0.2, -0.15) is 26.3 Å². The van der Waals surface area contributed by atoms with Crippen LogP contribution in [0.2, 0.25) is 0 Å². The summed E-state index contributed by atoms with van der Waals surface area (Å²) in [6.45, 7) is 0. The Kier molecular flexibility index (Phi) is 6.07. The van der Waals surface area contributed by atoms with Gasteiger partial charge >= 0.3 is 12.4 Å². The zero-order valence-electron chi connectivity index (χ0n) is 17.6. The van der Waals surface area contributed by atoms with Gasteiger partial charge in [-0.1, -0.05) is 6.07 Å². The number of halogens is 7. The highest BCUT2D eigenvalue weighted by Crippen LogP contribution is 2.38. The van der Waals surface area contributed by atoms with Gasteiger partial charge in [0, 0.05) is 22.5 Å². The number of hydrogen-bond donors (Lipinski definition) is 2. The van der Waals surface area contributed by atoms with Crippen molar-refractivity contribution >= 4 is 39.0 Å². The minimum absolute atomic E-state index is 0.0345. The van der Waals surface area contributed by atoms with Crippen molar-refractivity contribution in [3.8, 4) is 0 Å². The van der Waals surface area contributed by atoms with Crippen LogP contribution in [0, 0.1) is 5.82 Å². The Morgan fingerprint density at radius 1 is 0.833 bits per heavy atom. The Balaban J connectivity index is 1.71. The molecule has 36 heavy (non-hydrogen) atoms. The predicted octanol–water partition coefficient (Wildman–Crippen LogP) is 6.16. The average Bonchev–Trinajstić information content (AvgIpc) is 3.08. The van der Waals surface area contributed by atoms with Crippen molar-refractivity contribution in [2.75, 3.05) is 10.0 Å². The monoisotopic (exact) mass is 530 g/mol. The van der Waals surface area contributed by atoms with E-state index in [9.17, 15) is 43.9 Å². The summed E-state index contributed by atoms with van der Waals surface area (Å²) in [7, 11) is -4.36. The van der Waals surface area contributed by atoms with E-state index in [1.54, 1.807) is 0 Å². The van der Waals surface area contributed by atoms with E-state index in [-0.39, 0.29) is 28.6 Å². The maximum absolute atomic E-state index is 13.4. The molecule has 188 valence electrons. The SMILES string of the molecule is O=C1Nc2ccc(S(=O)(=O)Nc3ccc(C(F)(F)F)cc3)cc2C1=Cc1ccc(F)cc1C(F)(F)F. The predicted molar refractivity (Wildman–Crippen MR) is 117 cm³/mol. The molecule has 1 heterocycles. The number of anilines is 2. The highest BCUT2D eigenvalue weighted by Gasteiger charge is 2.35. The fourth-order valence-corrected chi connectivity index (χ4v) is 4.56. The summed E-state index contributed by atoms with van der Waals surface area (Å²) in [5.74, 6) is -1.95. The first-order chi connectivity index (χ1) is 16.6. The van der Waals surface area contributed by atoms with E-state index in [1.165, 1.54) is 6.07 Å². The zero-order chi connectivity index (χ0) is 26.5. The number of rotatable bonds is 4. The minimum Gasteiger partial charge on any atom is -0.321 e. The third kappa shape index (κ3) is 5.05. The summed E-state index contributed by atoms with van der Waals surface area (Å²) in [6, 6.07) is 8.44. The molecule has 0 saturated heterocycles. The van der Waals surface area contributed by atoms with Gasteiger partial charge in [0.2, 0.25) is 0 Å². The van der Waals surface area contributed by atoms with Crippen molar-refractivity contribution in [3.05, 3.63) is 88.7 Å². The van der Waals surface area contributed by atoms with Gasteiger partial charge in [-0.05, 0) is 66.2 Å². The molecular formula is C23H13F7N2O3S. The fraction of sp³-hybridized carbons (Fsp3) is 0.0870. The zero-order valence-corrected chi connectivity index (χ0v) is 18.4. The van der Waals surface area contributed by atoms with Crippen LogP contribution >= 0.6 is 0 Å². The van der Waals surface area contributed by atoms with Gasteiger partial charge in [0.05, 0.1) is 16.0 Å². The summed E-state index contributed by atoms with van der Waals surface area (Å²) in [6.07, 6.45) is -8.68. The maximum atomic E-state index is 13.4. The van der Waals surface area contributed by atoms with Crippen LogP contribution in [-0.2, 0) is 27.2 Å². The first-order valence-corrected chi connectivity index (χ1v) is 11.4. The summed E-state index contributed by atoms with van der Waals surface area (Å²) < 4.78 is 119. The van der Waals surface area contributed by atoms with E-state index < -0.39 is 55.7 Å². The maximum Gasteiger partial charge on any atom is 0.417 e. The lowest BCUT2D eigenvalue weighted by molar-refractivity contribution is -0.138. The van der Waals surface area contributed by atoms with Crippen LogP contribution in [-0.4, -0.2) is 14.3 Å². The molecule has 0 bridgehead atoms. The summed E-state index contributed by atoms with van der Waals surface area (Å²) >= 11 is 0. The molecule has 1 aliphatic rings. The standard InChI is InChI=1S/C23H13F7N2O3S/c24-14-4-1-12(19(10-14)23(28,29)30)9-18-17-11-16(7-8-20(17)31-21(18)33)36(34,35)32-15-5-2-13(3-6-15)22(25,26)27/h1-11,32H,(H,31,33). The highest BCUT2D eigenvalue weighted by molar-refractivity contribution is 7.92. The van der Waals surface area contributed by atoms with E-state index in [2.05, 4.69) is 10.0 Å². The van der Waals surface area contributed by atoms with Gasteiger partial charge < -0.3 is 5.32 Å². The molecule has 5 nitrogen and oxygen atoms in total. The molecule has 0 fully saturated rings. The topological polar surface area (TPSA) is 75.3 Å². The molecule has 0 spiro atoms. The van der Waals surface area contributed by atoms with Crippen molar-refractivity contribution in [1.82, 2.24) is 0 Å². The second-order valence-electron chi connectivity index (χ2n) is 7.63. The van der Waals surface area contributed by atoms with Gasteiger partial charge in [0.15, 0.2) is 0 Å². The van der Waals surface area contributed by atoms with Crippen LogP contribution in [0.1, 0.15) is 22.3 Å². The van der Waals surface area contributed by atoms with E-state index >= 15 is 0 Å². The smallest absolute Gasteiger partial charge is 0.321 e. The first-order valence-electron chi connectivity index (χ1n) is 9.89. The van der Waals surface area contributed by atoms with Crippen LogP contribution in [0.4, 0.5) is 42.1 Å². The fourth-order valence-electron chi connectivity index (χ4n) is 3.47. The molecule has 1 aliphatic heterocycles. The Bertz CT molecular complexity index is 1490. The van der Waals surface area contributed by atoms with E-state index in [0.29, 0.717) is 12.1 Å². The lowest BCUT2D eigenvalue weighted by Gasteiger charge is -2.12. The molecule has 3 aromatic rings. The second kappa shape index (κ2) is 8.66. The van der Waals surface area contributed by atoms with Gasteiger partial charge in [0.25, 0.3) is 15.9 Å². The van der Waals surface area contributed by atoms with Crippen LogP contribution < -0.4 is 10.0 Å². The van der Waals surface area contributed by atoms with E-state index in [4.69, 9.17) is 0 Å². The lowest BCUT2D eigenvalue weighted by Crippen LogP contribution is -2.13. The van der Waals surface area contributed by atoms with Crippen molar-refractivity contribution in [3.63, 3.8) is 0 Å². The van der Waals surface area contributed by atoms with Crippen molar-refractivity contribution < 1.29 is 43.9 Å². The Hall–Kier alpha value is -3.87. The van der Waals surface area contributed by atoms with Gasteiger partial charge in [-0.15, -0.1) is 0 Å². The van der Waals surface area contributed by atoms with Gasteiger partial charge in [0.1, 0.15) is 5.82 Å². The van der Waals surface area contributed by atoms with Crippen LogP contribution in [0.25, 0.3) is 11.6 Å². The third-order valence-electron chi connectivity index (χ3n) is 5.17. The Morgan fingerprint density at radius 2 is 1.50 bits per heavy atom. The molecule has 0 saturated carbocycles. The number of alkyl halides is 6. The normalized spacial score (nSPS) is 15.1. The van der Waals surface area contributed by atoms with Gasteiger partial charge in [-0.3, -0.25) is 9.52 Å². The molecule has 1 amide bonds. The first kappa shape index (κ1) is 25.2. The summed E-state index contributed by atoms with van der Waals surface area (Å²) in [4.78, 5) is 12.0. The minimum atomic E-state index is -4.93. The highest BCUT2D eigenvalue weighted by atomic mass is 32.2. The van der Waals surface area contributed by atoms with E-state index in [0.717, 1.165) is 42.5 Å². The Labute approximate surface area is 199 Å². The molecule has 2 N–H and O–H groups in total. The summed E-state index contributed by atoms with van der Waals surface area (Å²) in [5.41, 5.74) is -3.21. The van der Waals surface area contributed by atoms with Crippen LogP contribution in [0.15, 0.2) is 65.6 Å². The number of hydrogen-bond acceptors (Lipinski definition) is 3. The third-order valence-corrected chi connectivity index (χ3v) is 6.55. The number of carbonyl (C=O) groups excluding carboxylic acids is 1. The quantitative estimate of drug-likeness (QED) is 0.314. The molecule has 0 atom stereocenters. The number of fused-ring (bicyclic) bond motifs is 1. The van der Waals surface area contributed by atoms with Crippen LogP contribution in [0.5, 0.6) is 0 Å². The molecular weight excluding hydrogens is 517 g/mol. The molecule has 4 rings (SSSR count). The molecule has 0 aromatic heterocycles. The molecule has 13 heteroatoms. The lowest BCUT2D eigenvalue weighted by atomic mass is 10.0. The summed E-state index contributed by atoms with van der Waals surface area (Å²) in [5, 5.41) is 2.40. The molecule has 0 aliphatic carbocycles. The second-order valence-corrected chi connectivity index (χ2v) is 9.31. The van der Waals surface area contributed by atoms with Gasteiger partial charge in [-0.25, -0.2) is 12.8 Å². The largest absolute Gasteiger partial charge is 0.417 e. The number of carbonyl (C=O) groups is 1. The van der Waals surface area contributed by atoms with Crippen LogP contribution in [0.3, 0.4) is 0 Å².